The van der Waals surface area contributed by atoms with Gasteiger partial charge in [-0.2, -0.15) is 0 Å². The maximum atomic E-state index is 10.1. The lowest BCUT2D eigenvalue weighted by Crippen LogP contribution is -2.20. The monoisotopic (exact) mass is 115 g/mol. The Morgan fingerprint density at radius 2 is 2.38 bits per heavy atom. The van der Waals surface area contributed by atoms with Crippen LogP contribution in [0.25, 0.3) is 0 Å². The normalized spacial score (nSPS) is 8.12. The van der Waals surface area contributed by atoms with Crippen LogP contribution in [0.15, 0.2) is 0 Å². The molecule has 0 fully saturated rings. The van der Waals surface area contributed by atoms with Gasteiger partial charge in [-0.1, -0.05) is 0 Å². The molecular weight excluding hydrogens is 106 g/mol. The molecule has 0 aliphatic heterocycles. The molecule has 0 aliphatic carbocycles. The van der Waals surface area contributed by atoms with E-state index >= 15 is 0 Å². The summed E-state index contributed by atoms with van der Waals surface area (Å²) in [5, 5.41) is 2.48. The van der Waals surface area contributed by atoms with Crippen molar-refractivity contribution < 1.29 is 9.59 Å². The Kier molecular flexibility index (Phi) is 3.84. The summed E-state index contributed by atoms with van der Waals surface area (Å²) in [6.45, 7) is 1.88. The van der Waals surface area contributed by atoms with Gasteiger partial charge in [-0.05, 0) is 0 Å². The van der Waals surface area contributed by atoms with E-state index in [4.69, 9.17) is 0 Å². The lowest BCUT2D eigenvalue weighted by atomic mass is 10.5. The van der Waals surface area contributed by atoms with Crippen molar-refractivity contribution in [2.24, 2.45) is 0 Å². The minimum atomic E-state index is -0.0909. The summed E-state index contributed by atoms with van der Waals surface area (Å²) >= 11 is 0. The maximum absolute atomic E-state index is 10.1. The van der Waals surface area contributed by atoms with Crippen LogP contribution < -0.4 is 5.32 Å². The summed E-state index contributed by atoms with van der Waals surface area (Å²) in [5.41, 5.74) is 0. The third kappa shape index (κ3) is 5.14. The minimum absolute atomic E-state index is 0.0909. The molecule has 0 atom stereocenters. The fourth-order valence-electron chi connectivity index (χ4n) is 0.307. The third-order valence-corrected chi connectivity index (χ3v) is 0.636. The second kappa shape index (κ2) is 4.30. The maximum Gasteiger partial charge on any atom is 0.216 e. The van der Waals surface area contributed by atoms with E-state index in [0.717, 1.165) is 6.29 Å². The molecule has 0 aromatic rings. The Morgan fingerprint density at radius 1 is 1.75 bits per heavy atom. The molecule has 0 bridgehead atoms. The van der Waals surface area contributed by atoms with E-state index in [9.17, 15) is 9.59 Å². The third-order valence-electron chi connectivity index (χ3n) is 0.636. The van der Waals surface area contributed by atoms with Crippen LogP contribution in [0.4, 0.5) is 0 Å². The first-order valence-corrected chi connectivity index (χ1v) is 2.45. The van der Waals surface area contributed by atoms with Crippen molar-refractivity contribution in [3.8, 4) is 0 Å². The molecule has 0 radical (unpaired) electrons. The summed E-state index contributed by atoms with van der Waals surface area (Å²) < 4.78 is 0. The van der Waals surface area contributed by atoms with Gasteiger partial charge in [0.15, 0.2) is 0 Å². The quantitative estimate of drug-likeness (QED) is 0.406. The molecule has 1 N–H and O–H groups in total. The molecule has 3 nitrogen and oxygen atoms in total. The van der Waals surface area contributed by atoms with Crippen molar-refractivity contribution in [2.75, 3.05) is 6.54 Å². The molecule has 0 rings (SSSR count). The van der Waals surface area contributed by atoms with E-state index in [1.807, 2.05) is 0 Å². The first kappa shape index (κ1) is 7.14. The second-order valence-electron chi connectivity index (χ2n) is 1.44. The van der Waals surface area contributed by atoms with Crippen molar-refractivity contribution in [2.45, 2.75) is 13.3 Å². The van der Waals surface area contributed by atoms with Gasteiger partial charge in [0.05, 0.1) is 0 Å². The lowest BCUT2D eigenvalue weighted by Gasteiger charge is -1.93. The van der Waals surface area contributed by atoms with Gasteiger partial charge in [0.2, 0.25) is 5.91 Å². The molecule has 0 saturated heterocycles. The average molecular weight is 115 g/mol. The Morgan fingerprint density at radius 3 is 2.75 bits per heavy atom. The smallest absolute Gasteiger partial charge is 0.216 e. The molecule has 1 amide bonds. The van der Waals surface area contributed by atoms with Gasteiger partial charge in [-0.15, -0.1) is 0 Å². The van der Waals surface area contributed by atoms with Gasteiger partial charge in [0, 0.05) is 19.9 Å². The van der Waals surface area contributed by atoms with E-state index < -0.39 is 0 Å². The number of carbonyl (C=O) groups excluding carboxylic acids is 2. The largest absolute Gasteiger partial charge is 0.356 e. The summed E-state index contributed by atoms with van der Waals surface area (Å²) in [4.78, 5) is 19.7. The van der Waals surface area contributed by atoms with Gasteiger partial charge < -0.3 is 10.1 Å². The Labute approximate surface area is 48.1 Å². The van der Waals surface area contributed by atoms with Crippen LogP contribution in [0.3, 0.4) is 0 Å². The topological polar surface area (TPSA) is 46.2 Å². The molecule has 0 saturated carbocycles. The summed E-state index contributed by atoms with van der Waals surface area (Å²) in [5.74, 6) is -0.0909. The van der Waals surface area contributed by atoms with Crippen molar-refractivity contribution >= 4 is 12.2 Å². The highest BCUT2D eigenvalue weighted by Gasteiger charge is 1.85. The molecule has 0 aliphatic rings. The highest BCUT2D eigenvalue weighted by molar-refractivity contribution is 5.73. The lowest BCUT2D eigenvalue weighted by molar-refractivity contribution is -0.119. The van der Waals surface area contributed by atoms with Crippen molar-refractivity contribution in [1.29, 1.82) is 0 Å². The Balaban J connectivity index is 2.93. The fraction of sp³-hybridized carbons (Fsp3) is 0.600. The molecule has 3 heteroatoms. The van der Waals surface area contributed by atoms with Crippen LogP contribution in [-0.2, 0) is 9.59 Å². The zero-order valence-corrected chi connectivity index (χ0v) is 4.81. The number of hydrogen-bond acceptors (Lipinski definition) is 2. The Hall–Kier alpha value is -0.860. The zero-order valence-electron chi connectivity index (χ0n) is 4.81. The molecule has 0 aromatic carbocycles. The predicted octanol–water partition coefficient (Wildman–Crippen LogP) is -0.289. The SMILES string of the molecule is CC(=O)NCCC=O. The number of hydrogen-bond donors (Lipinski definition) is 1. The number of rotatable bonds is 3. The van der Waals surface area contributed by atoms with Crippen LogP contribution in [-0.4, -0.2) is 18.7 Å². The minimum Gasteiger partial charge on any atom is -0.356 e. The van der Waals surface area contributed by atoms with Gasteiger partial charge in [0.1, 0.15) is 6.29 Å². The van der Waals surface area contributed by atoms with Gasteiger partial charge >= 0.3 is 0 Å². The average Bonchev–Trinajstić information content (AvgIpc) is 1.66. The van der Waals surface area contributed by atoms with Crippen LogP contribution in [0.5, 0.6) is 0 Å². The molecule has 0 spiro atoms. The highest BCUT2D eigenvalue weighted by atomic mass is 16.1. The first-order valence-electron chi connectivity index (χ1n) is 2.45. The van der Waals surface area contributed by atoms with Crippen LogP contribution in [0.1, 0.15) is 13.3 Å². The second-order valence-corrected chi connectivity index (χ2v) is 1.44. The number of carbonyl (C=O) groups is 2. The van der Waals surface area contributed by atoms with Gasteiger partial charge in [0.25, 0.3) is 0 Å². The predicted molar refractivity (Wildman–Crippen MR) is 29.4 cm³/mol. The van der Waals surface area contributed by atoms with E-state index in [1.54, 1.807) is 0 Å². The van der Waals surface area contributed by atoms with E-state index in [0.29, 0.717) is 13.0 Å². The van der Waals surface area contributed by atoms with Crippen LogP contribution in [0, 0.1) is 0 Å². The first-order chi connectivity index (χ1) is 3.77. The van der Waals surface area contributed by atoms with Crippen molar-refractivity contribution in [3.63, 3.8) is 0 Å². The summed E-state index contributed by atoms with van der Waals surface area (Å²) in [7, 11) is 0. The van der Waals surface area contributed by atoms with E-state index in [-0.39, 0.29) is 5.91 Å². The van der Waals surface area contributed by atoms with Gasteiger partial charge in [-0.25, -0.2) is 0 Å². The molecule has 0 heterocycles. The summed E-state index contributed by atoms with van der Waals surface area (Å²) in [6.07, 6.45) is 1.18. The summed E-state index contributed by atoms with van der Waals surface area (Å²) in [6, 6.07) is 0. The van der Waals surface area contributed by atoms with Crippen molar-refractivity contribution in [3.05, 3.63) is 0 Å². The van der Waals surface area contributed by atoms with E-state index in [1.165, 1.54) is 6.92 Å². The van der Waals surface area contributed by atoms with Crippen LogP contribution >= 0.6 is 0 Å². The number of nitrogens with one attached hydrogen (secondary N) is 1. The molecule has 46 valence electrons. The number of aldehydes is 1. The highest BCUT2D eigenvalue weighted by Crippen LogP contribution is 1.65. The van der Waals surface area contributed by atoms with Gasteiger partial charge in [-0.3, -0.25) is 4.79 Å². The van der Waals surface area contributed by atoms with E-state index in [2.05, 4.69) is 5.32 Å². The van der Waals surface area contributed by atoms with Crippen LogP contribution in [0.2, 0.25) is 0 Å². The molecule has 0 unspecified atom stereocenters. The fourth-order valence-corrected chi connectivity index (χ4v) is 0.307. The molecule has 8 heavy (non-hydrogen) atoms. The Bertz CT molecular complexity index is 90.4. The van der Waals surface area contributed by atoms with Crippen molar-refractivity contribution in [1.82, 2.24) is 5.32 Å². The molecule has 0 aromatic heterocycles. The molecular formula is C5H9NO2. The zero-order chi connectivity index (χ0) is 6.41. The standard InChI is InChI=1S/C5H9NO2/c1-5(8)6-3-2-4-7/h4H,2-3H2,1H3,(H,6,8). The number of amides is 1.